The van der Waals surface area contributed by atoms with Crippen LogP contribution in [0.5, 0.6) is 0 Å². The number of hydrogen-bond acceptors (Lipinski definition) is 0. The summed E-state index contributed by atoms with van der Waals surface area (Å²) in [5.41, 5.74) is 5.65. The Morgan fingerprint density at radius 3 is 1.73 bits per heavy atom. The molecule has 0 bridgehead atoms. The van der Waals surface area contributed by atoms with Crippen molar-refractivity contribution in [2.75, 3.05) is 0 Å². The van der Waals surface area contributed by atoms with Gasteiger partial charge in [-0.2, -0.15) is 0 Å². The summed E-state index contributed by atoms with van der Waals surface area (Å²) in [5.74, 6) is 0. The molecule has 0 amide bonds. The van der Waals surface area contributed by atoms with Crippen LogP contribution in [0.1, 0.15) is 52.7 Å². The Morgan fingerprint density at radius 2 is 1.07 bits per heavy atom. The highest BCUT2D eigenvalue weighted by Crippen LogP contribution is 2.45. The molecule has 0 atom stereocenters. The number of rotatable bonds is 1. The van der Waals surface area contributed by atoms with Crippen molar-refractivity contribution < 1.29 is 0 Å². The third-order valence-electron chi connectivity index (χ3n) is 6.48. The molecule has 0 heteroatoms. The predicted molar refractivity (Wildman–Crippen MR) is 133 cm³/mol. The quantitative estimate of drug-likeness (QED) is 0.251. The molecule has 0 unspecified atom stereocenters. The molecule has 0 aliphatic carbocycles. The monoisotopic (exact) mass is 390 g/mol. The predicted octanol–water partition coefficient (Wildman–Crippen LogP) is 8.85. The average Bonchev–Trinajstić information content (AvgIpc) is 2.70. The lowest BCUT2D eigenvalue weighted by Crippen LogP contribution is -2.13. The van der Waals surface area contributed by atoms with Crippen molar-refractivity contribution in [1.29, 1.82) is 0 Å². The van der Waals surface area contributed by atoms with Crippen molar-refractivity contribution in [3.63, 3.8) is 0 Å². The smallest absolute Gasteiger partial charge is 0.00175 e. The Morgan fingerprint density at radius 1 is 0.500 bits per heavy atom. The van der Waals surface area contributed by atoms with E-state index in [2.05, 4.69) is 114 Å². The largest absolute Gasteiger partial charge is 0.0622 e. The van der Waals surface area contributed by atoms with Crippen LogP contribution in [0.15, 0.2) is 72.8 Å². The van der Waals surface area contributed by atoms with Gasteiger partial charge in [0.25, 0.3) is 0 Å². The summed E-state index contributed by atoms with van der Waals surface area (Å²) >= 11 is 0. The fourth-order valence-corrected chi connectivity index (χ4v) is 5.03. The second-order valence-electron chi connectivity index (χ2n) is 10.7. The van der Waals surface area contributed by atoms with E-state index in [1.54, 1.807) is 0 Å². The summed E-state index contributed by atoms with van der Waals surface area (Å²) in [6.45, 7) is 13.9. The summed E-state index contributed by atoms with van der Waals surface area (Å²) in [6.07, 6.45) is 0. The van der Waals surface area contributed by atoms with Crippen LogP contribution < -0.4 is 0 Å². The first-order valence-electron chi connectivity index (χ1n) is 11.0. The number of hydrogen-bond donors (Lipinski definition) is 0. The molecule has 5 rings (SSSR count). The van der Waals surface area contributed by atoms with E-state index >= 15 is 0 Å². The highest BCUT2D eigenvalue weighted by atomic mass is 14.3. The van der Waals surface area contributed by atoms with Gasteiger partial charge in [0, 0.05) is 0 Å². The molecule has 0 N–H and O–H groups in total. The first-order valence-corrected chi connectivity index (χ1v) is 11.0. The third-order valence-corrected chi connectivity index (χ3v) is 6.48. The Kier molecular flexibility index (Phi) is 4.03. The zero-order chi connectivity index (χ0) is 21.3. The lowest BCUT2D eigenvalue weighted by molar-refractivity contribution is 0.595. The van der Waals surface area contributed by atoms with E-state index < -0.39 is 0 Å². The van der Waals surface area contributed by atoms with Gasteiger partial charge in [-0.05, 0) is 71.5 Å². The molecule has 0 saturated heterocycles. The van der Waals surface area contributed by atoms with Crippen LogP contribution >= 0.6 is 0 Å². The van der Waals surface area contributed by atoms with Crippen LogP contribution in [-0.2, 0) is 10.8 Å². The standard InChI is InChI=1S/C30H30/c1-29(2,3)25-17-13-20-12-14-23-26(30(4,5)6)18-24(19-10-8-7-9-11-19)21-15-16-22(25)27(20)28(21)23/h7-18H,1-6H3. The molecule has 0 aromatic heterocycles. The molecule has 0 spiro atoms. The molecule has 0 heterocycles. The maximum Gasteiger partial charge on any atom is -0.00175 e. The molecule has 30 heavy (non-hydrogen) atoms. The summed E-state index contributed by atoms with van der Waals surface area (Å²) in [4.78, 5) is 0. The summed E-state index contributed by atoms with van der Waals surface area (Å²) in [5, 5.41) is 8.31. The Hall–Kier alpha value is -2.86. The SMILES string of the molecule is CC(C)(C)c1ccc2ccc3c(C(C)(C)C)cc(-c4ccccc4)c4ccc1c2c43. The van der Waals surface area contributed by atoms with Crippen LogP contribution in [0, 0.1) is 0 Å². The van der Waals surface area contributed by atoms with Gasteiger partial charge in [-0.25, -0.2) is 0 Å². The average molecular weight is 391 g/mol. The molecular formula is C30H30. The van der Waals surface area contributed by atoms with Crippen molar-refractivity contribution in [3.05, 3.63) is 83.9 Å². The molecular weight excluding hydrogens is 360 g/mol. The van der Waals surface area contributed by atoms with Crippen LogP contribution in [0.3, 0.4) is 0 Å². The highest BCUT2D eigenvalue weighted by Gasteiger charge is 2.24. The minimum Gasteiger partial charge on any atom is -0.0622 e. The third kappa shape index (κ3) is 2.82. The lowest BCUT2D eigenvalue weighted by Gasteiger charge is -2.27. The van der Waals surface area contributed by atoms with Gasteiger partial charge in [-0.3, -0.25) is 0 Å². The minimum atomic E-state index is 0.0682. The van der Waals surface area contributed by atoms with Crippen molar-refractivity contribution in [2.45, 2.75) is 52.4 Å². The molecule has 0 aliphatic rings. The Labute approximate surface area is 179 Å². The molecule has 0 radical (unpaired) electrons. The zero-order valence-corrected chi connectivity index (χ0v) is 18.9. The Balaban J connectivity index is 2.04. The van der Waals surface area contributed by atoms with E-state index in [4.69, 9.17) is 0 Å². The first kappa shape index (κ1) is 19.1. The van der Waals surface area contributed by atoms with E-state index in [0.717, 1.165) is 0 Å². The van der Waals surface area contributed by atoms with Gasteiger partial charge >= 0.3 is 0 Å². The highest BCUT2D eigenvalue weighted by molar-refractivity contribution is 6.26. The summed E-state index contributed by atoms with van der Waals surface area (Å²) in [7, 11) is 0. The minimum absolute atomic E-state index is 0.0682. The molecule has 0 nitrogen and oxygen atoms in total. The van der Waals surface area contributed by atoms with Crippen LogP contribution in [-0.4, -0.2) is 0 Å². The molecule has 150 valence electrons. The fraction of sp³-hybridized carbons (Fsp3) is 0.267. The summed E-state index contributed by atoms with van der Waals surface area (Å²) < 4.78 is 0. The second kappa shape index (κ2) is 6.32. The normalized spacial score (nSPS) is 13.0. The maximum absolute atomic E-state index is 2.43. The molecule has 0 fully saturated rings. The van der Waals surface area contributed by atoms with Gasteiger partial charge in [-0.1, -0.05) is 108 Å². The summed E-state index contributed by atoms with van der Waals surface area (Å²) in [6, 6.07) is 27.3. The topological polar surface area (TPSA) is 0 Å². The number of benzene rings is 5. The molecule has 5 aromatic rings. The van der Waals surface area contributed by atoms with Crippen LogP contribution in [0.25, 0.3) is 43.4 Å². The van der Waals surface area contributed by atoms with Gasteiger partial charge < -0.3 is 0 Å². The first-order chi connectivity index (χ1) is 14.2. The van der Waals surface area contributed by atoms with E-state index in [-0.39, 0.29) is 10.8 Å². The van der Waals surface area contributed by atoms with Crippen molar-refractivity contribution >= 4 is 32.3 Å². The van der Waals surface area contributed by atoms with E-state index in [1.807, 2.05) is 0 Å². The van der Waals surface area contributed by atoms with Crippen molar-refractivity contribution in [2.24, 2.45) is 0 Å². The zero-order valence-electron chi connectivity index (χ0n) is 18.9. The second-order valence-corrected chi connectivity index (χ2v) is 10.7. The maximum atomic E-state index is 2.43. The Bertz CT molecular complexity index is 1370. The van der Waals surface area contributed by atoms with Crippen molar-refractivity contribution in [1.82, 2.24) is 0 Å². The van der Waals surface area contributed by atoms with Crippen LogP contribution in [0.2, 0.25) is 0 Å². The van der Waals surface area contributed by atoms with E-state index in [9.17, 15) is 0 Å². The van der Waals surface area contributed by atoms with Gasteiger partial charge in [0.2, 0.25) is 0 Å². The molecule has 5 aromatic carbocycles. The molecule has 0 saturated carbocycles. The van der Waals surface area contributed by atoms with E-state index in [1.165, 1.54) is 54.6 Å². The van der Waals surface area contributed by atoms with Gasteiger partial charge in [0.1, 0.15) is 0 Å². The van der Waals surface area contributed by atoms with Crippen LogP contribution in [0.4, 0.5) is 0 Å². The molecule has 0 aliphatic heterocycles. The van der Waals surface area contributed by atoms with Gasteiger partial charge in [0.15, 0.2) is 0 Å². The van der Waals surface area contributed by atoms with Gasteiger partial charge in [-0.15, -0.1) is 0 Å². The lowest BCUT2D eigenvalue weighted by atomic mass is 9.77. The van der Waals surface area contributed by atoms with E-state index in [0.29, 0.717) is 0 Å². The van der Waals surface area contributed by atoms with Gasteiger partial charge in [0.05, 0.1) is 0 Å². The van der Waals surface area contributed by atoms with Crippen molar-refractivity contribution in [3.8, 4) is 11.1 Å². The fourth-order valence-electron chi connectivity index (χ4n) is 5.03.